The number of halogens is 1. The number of hydrogen-bond acceptors (Lipinski definition) is 5. The van der Waals surface area contributed by atoms with Crippen LogP contribution in [-0.4, -0.2) is 60.2 Å². The molecule has 0 spiro atoms. The molecule has 1 heterocycles. The highest BCUT2D eigenvalue weighted by molar-refractivity contribution is 5.88. The highest BCUT2D eigenvalue weighted by Gasteiger charge is 2.27. The predicted octanol–water partition coefficient (Wildman–Crippen LogP) is 2.86. The van der Waals surface area contributed by atoms with Gasteiger partial charge < -0.3 is 15.2 Å². The van der Waals surface area contributed by atoms with Gasteiger partial charge in [0, 0.05) is 69.6 Å². The van der Waals surface area contributed by atoms with Crippen molar-refractivity contribution in [3.05, 3.63) is 59.4 Å². The van der Waals surface area contributed by atoms with Crippen LogP contribution >= 0.6 is 0 Å². The van der Waals surface area contributed by atoms with E-state index in [9.17, 15) is 14.3 Å². The van der Waals surface area contributed by atoms with E-state index in [2.05, 4.69) is 15.1 Å². The summed E-state index contributed by atoms with van der Waals surface area (Å²) >= 11 is 0. The summed E-state index contributed by atoms with van der Waals surface area (Å²) in [4.78, 5) is 15.8. The molecule has 1 aliphatic rings. The van der Waals surface area contributed by atoms with Gasteiger partial charge in [-0.15, -0.1) is 0 Å². The Morgan fingerprint density at radius 1 is 1.20 bits per heavy atom. The molecule has 0 saturated carbocycles. The number of aliphatic hydroxyl groups is 1. The van der Waals surface area contributed by atoms with E-state index in [0.29, 0.717) is 24.3 Å². The molecular weight excluding hydrogens is 385 g/mol. The summed E-state index contributed by atoms with van der Waals surface area (Å²) in [5.41, 5.74) is 2.60. The van der Waals surface area contributed by atoms with E-state index in [-0.39, 0.29) is 24.4 Å². The van der Waals surface area contributed by atoms with E-state index in [4.69, 9.17) is 4.74 Å². The number of carbonyl (C=O) groups is 1. The predicted molar refractivity (Wildman–Crippen MR) is 115 cm³/mol. The summed E-state index contributed by atoms with van der Waals surface area (Å²) in [7, 11) is 1.53. The molecule has 1 amide bonds. The summed E-state index contributed by atoms with van der Waals surface area (Å²) in [6.45, 7) is 5.39. The van der Waals surface area contributed by atoms with Crippen molar-refractivity contribution < 1.29 is 19.0 Å². The van der Waals surface area contributed by atoms with Gasteiger partial charge in [-0.25, -0.2) is 4.39 Å². The maximum absolute atomic E-state index is 14.4. The van der Waals surface area contributed by atoms with Gasteiger partial charge >= 0.3 is 0 Å². The number of ether oxygens (including phenoxy) is 1. The van der Waals surface area contributed by atoms with Crippen molar-refractivity contribution in [1.29, 1.82) is 0 Å². The minimum absolute atomic E-state index is 0.0842. The number of amides is 1. The van der Waals surface area contributed by atoms with Gasteiger partial charge in [0.05, 0.1) is 7.11 Å². The SMILES string of the molecule is COc1ccc(CN2CCN(Cc3ccc(NC(C)=O)cc3)C[C@H]2CCO)c(F)c1. The molecule has 6 nitrogen and oxygen atoms in total. The lowest BCUT2D eigenvalue weighted by atomic mass is 10.1. The Morgan fingerprint density at radius 3 is 2.60 bits per heavy atom. The molecular formula is C23H30FN3O3. The van der Waals surface area contributed by atoms with Crippen LogP contribution in [0.25, 0.3) is 0 Å². The lowest BCUT2D eigenvalue weighted by Crippen LogP contribution is -2.52. The largest absolute Gasteiger partial charge is 0.497 e. The van der Waals surface area contributed by atoms with Gasteiger partial charge in [-0.2, -0.15) is 0 Å². The molecule has 0 radical (unpaired) electrons. The number of rotatable bonds is 8. The molecule has 0 unspecified atom stereocenters. The van der Waals surface area contributed by atoms with Gasteiger partial charge in [-0.1, -0.05) is 18.2 Å². The molecule has 2 N–H and O–H groups in total. The van der Waals surface area contributed by atoms with Crippen LogP contribution < -0.4 is 10.1 Å². The van der Waals surface area contributed by atoms with Gasteiger partial charge in [-0.3, -0.25) is 14.6 Å². The second kappa shape index (κ2) is 10.5. The molecule has 1 fully saturated rings. The fraction of sp³-hybridized carbons (Fsp3) is 0.435. The third-order valence-corrected chi connectivity index (χ3v) is 5.47. The Kier molecular flexibility index (Phi) is 7.79. The lowest BCUT2D eigenvalue weighted by Gasteiger charge is -2.41. The maximum atomic E-state index is 14.4. The van der Waals surface area contributed by atoms with Crippen LogP contribution in [0.3, 0.4) is 0 Å². The quantitative estimate of drug-likeness (QED) is 0.694. The molecule has 1 aliphatic heterocycles. The summed E-state index contributed by atoms with van der Waals surface area (Å²) in [6.07, 6.45) is 0.649. The average Bonchev–Trinajstić information content (AvgIpc) is 2.72. The molecule has 30 heavy (non-hydrogen) atoms. The average molecular weight is 416 g/mol. The number of aliphatic hydroxyl groups excluding tert-OH is 1. The minimum Gasteiger partial charge on any atom is -0.497 e. The zero-order valence-corrected chi connectivity index (χ0v) is 17.6. The molecule has 0 aromatic heterocycles. The van der Waals surface area contributed by atoms with Crippen LogP contribution in [0.4, 0.5) is 10.1 Å². The van der Waals surface area contributed by atoms with E-state index in [0.717, 1.165) is 31.9 Å². The smallest absolute Gasteiger partial charge is 0.221 e. The van der Waals surface area contributed by atoms with Crippen molar-refractivity contribution in [2.75, 3.05) is 38.7 Å². The first-order chi connectivity index (χ1) is 14.5. The van der Waals surface area contributed by atoms with Crippen molar-refractivity contribution in [2.45, 2.75) is 32.5 Å². The van der Waals surface area contributed by atoms with E-state index < -0.39 is 0 Å². The number of hydrogen-bond donors (Lipinski definition) is 2. The third kappa shape index (κ3) is 6.01. The van der Waals surface area contributed by atoms with Crippen LogP contribution in [0.5, 0.6) is 5.75 Å². The first kappa shape index (κ1) is 22.2. The number of methoxy groups -OCH3 is 1. The van der Waals surface area contributed by atoms with E-state index in [1.807, 2.05) is 24.3 Å². The number of benzene rings is 2. The number of piperazine rings is 1. The second-order valence-corrected chi connectivity index (χ2v) is 7.71. The van der Waals surface area contributed by atoms with Crippen molar-refractivity contribution in [2.24, 2.45) is 0 Å². The molecule has 2 aromatic rings. The van der Waals surface area contributed by atoms with Crippen LogP contribution in [0.1, 0.15) is 24.5 Å². The maximum Gasteiger partial charge on any atom is 0.221 e. The Morgan fingerprint density at radius 2 is 1.97 bits per heavy atom. The Bertz CT molecular complexity index is 844. The molecule has 0 aliphatic carbocycles. The standard InChI is InChI=1S/C23H30FN3O3/c1-17(29)25-20-6-3-18(4-7-20)14-26-10-11-27(21(16-26)9-12-28)15-19-5-8-22(30-2)13-23(19)24/h3-8,13,21,28H,9-12,14-16H2,1-2H3,(H,25,29)/t21-/m1/s1. The van der Waals surface area contributed by atoms with E-state index in [1.165, 1.54) is 25.7 Å². The van der Waals surface area contributed by atoms with Gasteiger partial charge in [-0.05, 0) is 30.2 Å². The summed E-state index contributed by atoms with van der Waals surface area (Å²) in [5, 5.41) is 12.3. The minimum atomic E-state index is -0.265. The van der Waals surface area contributed by atoms with Crippen molar-refractivity contribution in [1.82, 2.24) is 9.80 Å². The van der Waals surface area contributed by atoms with Gasteiger partial charge in [0.15, 0.2) is 0 Å². The zero-order chi connectivity index (χ0) is 21.5. The number of carbonyl (C=O) groups excluding carboxylic acids is 1. The van der Waals surface area contributed by atoms with Gasteiger partial charge in [0.2, 0.25) is 5.91 Å². The number of anilines is 1. The van der Waals surface area contributed by atoms with Gasteiger partial charge in [0.1, 0.15) is 11.6 Å². The summed E-state index contributed by atoms with van der Waals surface area (Å²) in [6, 6.07) is 13.0. The van der Waals surface area contributed by atoms with Gasteiger partial charge in [0.25, 0.3) is 0 Å². The fourth-order valence-electron chi connectivity index (χ4n) is 3.89. The highest BCUT2D eigenvalue weighted by atomic mass is 19.1. The van der Waals surface area contributed by atoms with E-state index in [1.54, 1.807) is 12.1 Å². The molecule has 1 saturated heterocycles. The highest BCUT2D eigenvalue weighted by Crippen LogP contribution is 2.22. The fourth-order valence-corrected chi connectivity index (χ4v) is 3.89. The van der Waals surface area contributed by atoms with Crippen LogP contribution in [0, 0.1) is 5.82 Å². The lowest BCUT2D eigenvalue weighted by molar-refractivity contribution is -0.114. The zero-order valence-electron chi connectivity index (χ0n) is 17.6. The third-order valence-electron chi connectivity index (χ3n) is 5.47. The Balaban J connectivity index is 1.61. The monoisotopic (exact) mass is 415 g/mol. The molecule has 2 aromatic carbocycles. The topological polar surface area (TPSA) is 65.0 Å². The first-order valence-corrected chi connectivity index (χ1v) is 10.2. The Labute approximate surface area is 177 Å². The van der Waals surface area contributed by atoms with Crippen LogP contribution in [0.15, 0.2) is 42.5 Å². The summed E-state index contributed by atoms with van der Waals surface area (Å²) in [5.74, 6) is 0.162. The van der Waals surface area contributed by atoms with Crippen molar-refractivity contribution in [3.63, 3.8) is 0 Å². The van der Waals surface area contributed by atoms with Crippen LogP contribution in [-0.2, 0) is 17.9 Å². The molecule has 1 atom stereocenters. The molecule has 162 valence electrons. The Hall–Kier alpha value is -2.48. The number of nitrogens with zero attached hydrogens (tertiary/aromatic N) is 2. The second-order valence-electron chi connectivity index (χ2n) is 7.71. The number of nitrogens with one attached hydrogen (secondary N) is 1. The van der Waals surface area contributed by atoms with Crippen LogP contribution in [0.2, 0.25) is 0 Å². The molecule has 3 rings (SSSR count). The molecule has 0 bridgehead atoms. The first-order valence-electron chi connectivity index (χ1n) is 10.2. The van der Waals surface area contributed by atoms with Crippen molar-refractivity contribution >= 4 is 11.6 Å². The van der Waals surface area contributed by atoms with E-state index >= 15 is 0 Å². The summed E-state index contributed by atoms with van der Waals surface area (Å²) < 4.78 is 19.5. The van der Waals surface area contributed by atoms with Crippen molar-refractivity contribution in [3.8, 4) is 5.75 Å². The molecule has 7 heteroatoms. The normalized spacial score (nSPS) is 17.7.